The highest BCUT2D eigenvalue weighted by Crippen LogP contribution is 2.20. The van der Waals surface area contributed by atoms with Gasteiger partial charge in [0.1, 0.15) is 0 Å². The largest absolute Gasteiger partial charge is 0.390 e. The van der Waals surface area contributed by atoms with Crippen LogP contribution in [0.15, 0.2) is 24.4 Å². The normalized spacial score (nSPS) is 13.5. The predicted molar refractivity (Wildman–Crippen MR) is 48.5 cm³/mol. The van der Waals surface area contributed by atoms with Crippen LogP contribution in [-0.4, -0.2) is 21.1 Å². The van der Waals surface area contributed by atoms with E-state index >= 15 is 0 Å². The fourth-order valence-corrected chi connectivity index (χ4v) is 1.50. The predicted octanol–water partition coefficient (Wildman–Crippen LogP) is 2.08. The number of rotatable bonds is 4. The van der Waals surface area contributed by atoms with Gasteiger partial charge in [0.25, 0.3) is 0 Å². The molecule has 3 nitrogen and oxygen atoms in total. The third-order valence-corrected chi connectivity index (χ3v) is 2.26. The molecule has 0 radical (unpaired) electrons. The van der Waals surface area contributed by atoms with Crippen molar-refractivity contribution in [1.82, 2.24) is 4.98 Å². The Hall–Kier alpha value is -1.11. The SMILES string of the molecule is O=S(CCC(F)(F)F)Oc1ccccn1. The number of hydrogen-bond donors (Lipinski definition) is 0. The highest BCUT2D eigenvalue weighted by atomic mass is 32.2. The molecule has 0 aliphatic rings. The molecule has 1 heterocycles. The van der Waals surface area contributed by atoms with Crippen molar-refractivity contribution >= 4 is 11.1 Å². The second-order valence-corrected chi connectivity index (χ2v) is 3.81. The first-order valence-corrected chi connectivity index (χ1v) is 5.26. The van der Waals surface area contributed by atoms with Crippen molar-refractivity contribution in [1.29, 1.82) is 0 Å². The monoisotopic (exact) mass is 239 g/mol. The Morgan fingerprint density at radius 3 is 2.67 bits per heavy atom. The van der Waals surface area contributed by atoms with Crippen LogP contribution < -0.4 is 4.18 Å². The molecule has 0 aromatic carbocycles. The average molecular weight is 239 g/mol. The van der Waals surface area contributed by atoms with Crippen LogP contribution in [0.25, 0.3) is 0 Å². The van der Waals surface area contributed by atoms with Gasteiger partial charge in [-0.3, -0.25) is 0 Å². The Bertz CT molecular complexity index is 328. The smallest absolute Gasteiger partial charge is 0.380 e. The molecule has 15 heavy (non-hydrogen) atoms. The van der Waals surface area contributed by atoms with E-state index in [0.29, 0.717) is 0 Å². The molecule has 0 aliphatic carbocycles. The summed E-state index contributed by atoms with van der Waals surface area (Å²) in [6.07, 6.45) is -4.05. The summed E-state index contributed by atoms with van der Waals surface area (Å²) < 4.78 is 50.9. The van der Waals surface area contributed by atoms with Gasteiger partial charge in [-0.05, 0) is 6.07 Å². The molecule has 1 atom stereocenters. The van der Waals surface area contributed by atoms with E-state index in [9.17, 15) is 17.4 Å². The van der Waals surface area contributed by atoms with Crippen LogP contribution in [0.5, 0.6) is 5.88 Å². The van der Waals surface area contributed by atoms with E-state index in [2.05, 4.69) is 9.17 Å². The molecule has 0 saturated heterocycles. The molecule has 0 bridgehead atoms. The molecule has 0 saturated carbocycles. The quantitative estimate of drug-likeness (QED) is 0.807. The number of alkyl halides is 3. The lowest BCUT2D eigenvalue weighted by Crippen LogP contribution is -2.15. The second-order valence-electron chi connectivity index (χ2n) is 2.62. The summed E-state index contributed by atoms with van der Waals surface area (Å²) in [6, 6.07) is 4.63. The van der Waals surface area contributed by atoms with Crippen LogP contribution in [0.1, 0.15) is 6.42 Å². The standard InChI is InChI=1S/C8H8F3NO2S/c9-8(10,11)4-6-15(13)14-7-3-1-2-5-12-7/h1-3,5H,4,6H2. The molecule has 0 spiro atoms. The van der Waals surface area contributed by atoms with Crippen LogP contribution in [0, 0.1) is 0 Å². The number of hydrogen-bond acceptors (Lipinski definition) is 3. The molecule has 7 heteroatoms. The molecular formula is C8H8F3NO2S. The fraction of sp³-hybridized carbons (Fsp3) is 0.375. The maximum Gasteiger partial charge on any atom is 0.390 e. The zero-order valence-electron chi connectivity index (χ0n) is 7.53. The highest BCUT2D eigenvalue weighted by molar-refractivity contribution is 7.80. The van der Waals surface area contributed by atoms with Crippen molar-refractivity contribution in [3.8, 4) is 5.88 Å². The Kier molecular flexibility index (Phi) is 4.07. The topological polar surface area (TPSA) is 39.2 Å². The van der Waals surface area contributed by atoms with E-state index < -0.39 is 29.4 Å². The zero-order valence-corrected chi connectivity index (χ0v) is 8.35. The molecule has 1 aromatic rings. The number of pyridine rings is 1. The van der Waals surface area contributed by atoms with Crippen LogP contribution >= 0.6 is 0 Å². The van der Waals surface area contributed by atoms with Gasteiger partial charge in [-0.25, -0.2) is 9.19 Å². The molecule has 0 aliphatic heterocycles. The summed E-state index contributed by atoms with van der Waals surface area (Å²) in [5, 5.41) is 0. The van der Waals surface area contributed by atoms with Crippen molar-refractivity contribution in [2.24, 2.45) is 0 Å². The third-order valence-electron chi connectivity index (χ3n) is 1.37. The second kappa shape index (κ2) is 5.11. The van der Waals surface area contributed by atoms with Crippen molar-refractivity contribution in [3.63, 3.8) is 0 Å². The Labute approximate surface area is 86.9 Å². The minimum Gasteiger partial charge on any atom is -0.380 e. The average Bonchev–Trinajstić information content (AvgIpc) is 2.15. The molecule has 0 amide bonds. The lowest BCUT2D eigenvalue weighted by atomic mass is 10.5. The van der Waals surface area contributed by atoms with Gasteiger partial charge in [0.15, 0.2) is 0 Å². The summed E-state index contributed by atoms with van der Waals surface area (Å²) >= 11 is -2.00. The summed E-state index contributed by atoms with van der Waals surface area (Å²) in [5.41, 5.74) is 0. The third kappa shape index (κ3) is 5.36. The van der Waals surface area contributed by atoms with Crippen LogP contribution in [0.3, 0.4) is 0 Å². The maximum atomic E-state index is 11.7. The minimum absolute atomic E-state index is 0.0537. The van der Waals surface area contributed by atoms with Gasteiger partial charge in [-0.2, -0.15) is 13.2 Å². The van der Waals surface area contributed by atoms with Gasteiger partial charge in [-0.1, -0.05) is 6.07 Å². The number of aromatic nitrogens is 1. The van der Waals surface area contributed by atoms with Crippen molar-refractivity contribution in [2.75, 3.05) is 5.75 Å². The Morgan fingerprint density at radius 2 is 2.13 bits per heavy atom. The highest BCUT2D eigenvalue weighted by Gasteiger charge is 2.28. The Balaban J connectivity index is 2.38. The Morgan fingerprint density at radius 1 is 1.40 bits per heavy atom. The van der Waals surface area contributed by atoms with E-state index in [1.807, 2.05) is 0 Å². The molecule has 84 valence electrons. The summed E-state index contributed by atoms with van der Waals surface area (Å²) in [5.74, 6) is -0.530. The van der Waals surface area contributed by atoms with Gasteiger partial charge in [-0.15, -0.1) is 0 Å². The molecule has 1 aromatic heterocycles. The first kappa shape index (κ1) is 12.0. The van der Waals surface area contributed by atoms with Crippen molar-refractivity contribution in [2.45, 2.75) is 12.6 Å². The molecular weight excluding hydrogens is 231 g/mol. The first-order valence-electron chi connectivity index (χ1n) is 4.02. The van der Waals surface area contributed by atoms with Crippen molar-refractivity contribution < 1.29 is 21.6 Å². The van der Waals surface area contributed by atoms with E-state index in [0.717, 1.165) is 0 Å². The zero-order chi connectivity index (χ0) is 11.3. The van der Waals surface area contributed by atoms with Gasteiger partial charge >= 0.3 is 6.18 Å². The number of halogens is 3. The first-order chi connectivity index (χ1) is 6.97. The molecule has 1 unspecified atom stereocenters. The van der Waals surface area contributed by atoms with E-state index in [-0.39, 0.29) is 5.88 Å². The van der Waals surface area contributed by atoms with Gasteiger partial charge in [0.05, 0.1) is 12.2 Å². The van der Waals surface area contributed by atoms with E-state index in [4.69, 9.17) is 0 Å². The van der Waals surface area contributed by atoms with E-state index in [1.165, 1.54) is 12.3 Å². The fourth-order valence-electron chi connectivity index (χ4n) is 0.732. The van der Waals surface area contributed by atoms with Gasteiger partial charge in [0.2, 0.25) is 17.0 Å². The summed E-state index contributed by atoms with van der Waals surface area (Å²) in [6.45, 7) is 0. The summed E-state index contributed by atoms with van der Waals surface area (Å²) in [4.78, 5) is 3.67. The lowest BCUT2D eigenvalue weighted by Gasteiger charge is -2.06. The number of nitrogens with zero attached hydrogens (tertiary/aromatic N) is 1. The lowest BCUT2D eigenvalue weighted by molar-refractivity contribution is -0.129. The maximum absolute atomic E-state index is 11.7. The van der Waals surface area contributed by atoms with Crippen LogP contribution in [0.4, 0.5) is 13.2 Å². The molecule has 0 fully saturated rings. The van der Waals surface area contributed by atoms with E-state index in [1.54, 1.807) is 12.1 Å². The van der Waals surface area contributed by atoms with Gasteiger partial charge in [0, 0.05) is 12.3 Å². The van der Waals surface area contributed by atoms with Gasteiger partial charge < -0.3 is 4.18 Å². The minimum atomic E-state index is -4.32. The van der Waals surface area contributed by atoms with Crippen LogP contribution in [0.2, 0.25) is 0 Å². The van der Waals surface area contributed by atoms with Crippen LogP contribution in [-0.2, 0) is 11.1 Å². The summed E-state index contributed by atoms with van der Waals surface area (Å²) in [7, 11) is 0. The van der Waals surface area contributed by atoms with Crippen molar-refractivity contribution in [3.05, 3.63) is 24.4 Å². The molecule has 1 rings (SSSR count). The molecule has 0 N–H and O–H groups in total.